The van der Waals surface area contributed by atoms with Gasteiger partial charge >= 0.3 is 0 Å². The second-order valence-corrected chi connectivity index (χ2v) is 5.47. The fraction of sp³-hybridized carbons (Fsp3) is 0.200. The summed E-state index contributed by atoms with van der Waals surface area (Å²) in [5.74, 6) is 4.87. The number of halogens is 3. The van der Waals surface area contributed by atoms with Gasteiger partial charge in [-0.2, -0.15) is 0 Å². The molecule has 2 rings (SSSR count). The minimum Gasteiger partial charge on any atom is -0.494 e. The van der Waals surface area contributed by atoms with Crippen LogP contribution in [0.1, 0.15) is 17.2 Å². The zero-order valence-corrected chi connectivity index (χ0v) is 13.0. The van der Waals surface area contributed by atoms with Gasteiger partial charge in [-0.05, 0) is 47.9 Å². The number of hydrazine groups is 1. The van der Waals surface area contributed by atoms with Crippen LogP contribution in [0.15, 0.2) is 40.9 Å². The van der Waals surface area contributed by atoms with Crippen molar-refractivity contribution in [3.8, 4) is 5.75 Å². The molecule has 6 heteroatoms. The van der Waals surface area contributed by atoms with E-state index in [0.717, 1.165) is 4.47 Å². The zero-order chi connectivity index (χ0) is 15.4. The summed E-state index contributed by atoms with van der Waals surface area (Å²) in [6.45, 7) is 0. The number of methoxy groups -OCH3 is 1. The van der Waals surface area contributed by atoms with Gasteiger partial charge in [-0.3, -0.25) is 11.3 Å². The summed E-state index contributed by atoms with van der Waals surface area (Å²) in [5.41, 5.74) is 3.70. The van der Waals surface area contributed by atoms with E-state index in [2.05, 4.69) is 21.4 Å². The lowest BCUT2D eigenvalue weighted by atomic mass is 9.99. The molecule has 0 amide bonds. The summed E-state index contributed by atoms with van der Waals surface area (Å²) < 4.78 is 33.2. The van der Waals surface area contributed by atoms with Crippen molar-refractivity contribution in [2.24, 2.45) is 5.84 Å². The number of benzene rings is 2. The lowest BCUT2D eigenvalue weighted by Gasteiger charge is -2.17. The van der Waals surface area contributed by atoms with E-state index in [9.17, 15) is 8.78 Å². The molecule has 0 radical (unpaired) electrons. The van der Waals surface area contributed by atoms with Gasteiger partial charge in [0.05, 0.1) is 13.2 Å². The lowest BCUT2D eigenvalue weighted by molar-refractivity contribution is 0.385. The highest BCUT2D eigenvalue weighted by Crippen LogP contribution is 2.25. The number of hydrogen-bond acceptors (Lipinski definition) is 3. The minimum absolute atomic E-state index is 0.156. The molecule has 1 unspecified atom stereocenters. The SMILES string of the molecule is COc1ccc(C(Cc2cc(Br)ccc2F)NN)cc1F. The molecule has 0 saturated carbocycles. The minimum atomic E-state index is -0.482. The van der Waals surface area contributed by atoms with Crippen LogP contribution in [-0.4, -0.2) is 7.11 Å². The molecular weight excluding hydrogens is 342 g/mol. The molecule has 0 aliphatic heterocycles. The Labute approximate surface area is 130 Å². The summed E-state index contributed by atoms with van der Waals surface area (Å²) in [7, 11) is 1.40. The lowest BCUT2D eigenvalue weighted by Crippen LogP contribution is -2.30. The first-order valence-electron chi connectivity index (χ1n) is 6.28. The summed E-state index contributed by atoms with van der Waals surface area (Å²) in [4.78, 5) is 0. The molecular formula is C15H15BrF2N2O. The van der Waals surface area contributed by atoms with E-state index < -0.39 is 11.9 Å². The molecule has 2 aromatic rings. The first-order chi connectivity index (χ1) is 10.0. The fourth-order valence-electron chi connectivity index (χ4n) is 2.09. The van der Waals surface area contributed by atoms with E-state index in [1.807, 2.05) is 0 Å². The molecule has 0 bridgehead atoms. The van der Waals surface area contributed by atoms with Crippen LogP contribution in [0.2, 0.25) is 0 Å². The van der Waals surface area contributed by atoms with Crippen molar-refractivity contribution in [3.05, 3.63) is 63.6 Å². The van der Waals surface area contributed by atoms with E-state index in [4.69, 9.17) is 10.6 Å². The molecule has 0 aromatic heterocycles. The molecule has 21 heavy (non-hydrogen) atoms. The van der Waals surface area contributed by atoms with Crippen molar-refractivity contribution in [3.63, 3.8) is 0 Å². The number of nitrogens with one attached hydrogen (secondary N) is 1. The number of rotatable bonds is 5. The van der Waals surface area contributed by atoms with Crippen LogP contribution in [0.3, 0.4) is 0 Å². The Morgan fingerprint density at radius 2 is 1.95 bits per heavy atom. The van der Waals surface area contributed by atoms with E-state index in [1.54, 1.807) is 18.2 Å². The van der Waals surface area contributed by atoms with Crippen LogP contribution < -0.4 is 16.0 Å². The maximum absolute atomic E-state index is 13.8. The summed E-state index contributed by atoms with van der Waals surface area (Å²) >= 11 is 3.30. The van der Waals surface area contributed by atoms with Gasteiger partial charge in [0.25, 0.3) is 0 Å². The predicted molar refractivity (Wildman–Crippen MR) is 80.8 cm³/mol. The summed E-state index contributed by atoms with van der Waals surface area (Å²) in [5, 5.41) is 0. The molecule has 3 N–H and O–H groups in total. The van der Waals surface area contributed by atoms with Gasteiger partial charge in [0, 0.05) is 4.47 Å². The van der Waals surface area contributed by atoms with Crippen molar-refractivity contribution in [2.45, 2.75) is 12.5 Å². The quantitative estimate of drug-likeness (QED) is 0.636. The number of nitrogens with two attached hydrogens (primary N) is 1. The predicted octanol–water partition coefficient (Wildman–Crippen LogP) is 3.48. The third kappa shape index (κ3) is 3.78. The maximum atomic E-state index is 13.8. The number of ether oxygens (including phenoxy) is 1. The first-order valence-corrected chi connectivity index (χ1v) is 7.08. The van der Waals surface area contributed by atoms with Gasteiger partial charge in [0.15, 0.2) is 11.6 Å². The Hall–Kier alpha value is -1.50. The third-order valence-corrected chi connectivity index (χ3v) is 3.70. The molecule has 3 nitrogen and oxygen atoms in total. The largest absolute Gasteiger partial charge is 0.494 e. The topological polar surface area (TPSA) is 47.3 Å². The van der Waals surface area contributed by atoms with Crippen LogP contribution in [0.25, 0.3) is 0 Å². The molecule has 2 aromatic carbocycles. The van der Waals surface area contributed by atoms with Crippen molar-refractivity contribution in [1.29, 1.82) is 0 Å². The van der Waals surface area contributed by atoms with Crippen LogP contribution >= 0.6 is 15.9 Å². The molecule has 112 valence electrons. The van der Waals surface area contributed by atoms with E-state index in [0.29, 0.717) is 17.5 Å². The molecule has 0 spiro atoms. The smallest absolute Gasteiger partial charge is 0.165 e. The standard InChI is InChI=1S/C15H15BrF2N2O/c1-21-15-5-2-9(7-13(15)18)14(20-19)8-10-6-11(16)3-4-12(10)17/h2-7,14,20H,8,19H2,1H3. The van der Waals surface area contributed by atoms with Gasteiger partial charge in [0.2, 0.25) is 0 Å². The number of hydrogen-bond donors (Lipinski definition) is 2. The van der Waals surface area contributed by atoms with Gasteiger partial charge in [-0.15, -0.1) is 0 Å². The van der Waals surface area contributed by atoms with Gasteiger partial charge in [0.1, 0.15) is 5.82 Å². The van der Waals surface area contributed by atoms with Crippen LogP contribution in [0.4, 0.5) is 8.78 Å². The summed E-state index contributed by atoms with van der Waals surface area (Å²) in [6, 6.07) is 8.82. The molecule has 0 aliphatic carbocycles. The fourth-order valence-corrected chi connectivity index (χ4v) is 2.50. The van der Waals surface area contributed by atoms with Crippen molar-refractivity contribution in [1.82, 2.24) is 5.43 Å². The maximum Gasteiger partial charge on any atom is 0.165 e. The summed E-state index contributed by atoms with van der Waals surface area (Å²) in [6.07, 6.45) is 0.299. The Kier molecular flexibility index (Phi) is 5.27. The average molecular weight is 357 g/mol. The monoisotopic (exact) mass is 356 g/mol. The molecule has 0 heterocycles. The van der Waals surface area contributed by atoms with Crippen molar-refractivity contribution >= 4 is 15.9 Å². The third-order valence-electron chi connectivity index (χ3n) is 3.21. The molecule has 0 fully saturated rings. The Bertz CT molecular complexity index is 637. The first kappa shape index (κ1) is 15.9. The zero-order valence-electron chi connectivity index (χ0n) is 11.4. The van der Waals surface area contributed by atoms with Crippen molar-refractivity contribution in [2.75, 3.05) is 7.11 Å². The molecule has 0 saturated heterocycles. The van der Waals surface area contributed by atoms with E-state index >= 15 is 0 Å². The normalized spacial score (nSPS) is 12.2. The highest BCUT2D eigenvalue weighted by molar-refractivity contribution is 9.10. The van der Waals surface area contributed by atoms with Crippen LogP contribution in [-0.2, 0) is 6.42 Å². The second-order valence-electron chi connectivity index (χ2n) is 4.55. The van der Waals surface area contributed by atoms with Gasteiger partial charge < -0.3 is 4.74 Å². The highest BCUT2D eigenvalue weighted by Gasteiger charge is 2.15. The average Bonchev–Trinajstić information content (AvgIpc) is 2.48. The Morgan fingerprint density at radius 3 is 2.57 bits per heavy atom. The molecule has 0 aliphatic rings. The van der Waals surface area contributed by atoms with Gasteiger partial charge in [-0.25, -0.2) is 8.78 Å². The van der Waals surface area contributed by atoms with Gasteiger partial charge in [-0.1, -0.05) is 22.0 Å². The van der Waals surface area contributed by atoms with Crippen LogP contribution in [0.5, 0.6) is 5.75 Å². The molecule has 1 atom stereocenters. The van der Waals surface area contributed by atoms with Crippen molar-refractivity contribution < 1.29 is 13.5 Å². The van der Waals surface area contributed by atoms with Crippen LogP contribution in [0, 0.1) is 11.6 Å². The van der Waals surface area contributed by atoms with E-state index in [-0.39, 0.29) is 11.6 Å². The van der Waals surface area contributed by atoms with E-state index in [1.165, 1.54) is 25.3 Å². The second kappa shape index (κ2) is 6.98. The Morgan fingerprint density at radius 1 is 1.19 bits per heavy atom. The Balaban J connectivity index is 2.27. The highest BCUT2D eigenvalue weighted by atomic mass is 79.9.